The van der Waals surface area contributed by atoms with E-state index in [9.17, 15) is 13.2 Å². The molecule has 2 heterocycles. The molecule has 1 aromatic carbocycles. The lowest BCUT2D eigenvalue weighted by molar-refractivity contribution is 0.0936. The minimum absolute atomic E-state index is 0.199. The zero-order chi connectivity index (χ0) is 19.4. The highest BCUT2D eigenvalue weighted by atomic mass is 35.5. The third-order valence-electron chi connectivity index (χ3n) is 4.27. The van der Waals surface area contributed by atoms with Gasteiger partial charge in [0.05, 0.1) is 36.4 Å². The molecule has 2 N–H and O–H groups in total. The molecule has 10 heteroatoms. The molecule has 1 aliphatic heterocycles. The van der Waals surface area contributed by atoms with Crippen molar-refractivity contribution in [2.45, 2.75) is 24.8 Å². The lowest BCUT2D eigenvalue weighted by Crippen LogP contribution is -2.37. The summed E-state index contributed by atoms with van der Waals surface area (Å²) in [5.41, 5.74) is 1.72. The van der Waals surface area contributed by atoms with Crippen molar-refractivity contribution in [3.63, 3.8) is 0 Å². The molecule has 0 saturated heterocycles. The molecule has 0 unspecified atom stereocenters. The van der Waals surface area contributed by atoms with Crippen molar-refractivity contribution in [3.05, 3.63) is 52.3 Å². The smallest absolute Gasteiger partial charge is 0.254 e. The molecule has 8 nitrogen and oxygen atoms in total. The van der Waals surface area contributed by atoms with Crippen molar-refractivity contribution >= 4 is 27.5 Å². The summed E-state index contributed by atoms with van der Waals surface area (Å²) < 4.78 is 34.2. The van der Waals surface area contributed by atoms with Crippen molar-refractivity contribution in [3.8, 4) is 0 Å². The minimum Gasteiger partial charge on any atom is -0.383 e. The molecule has 1 aliphatic rings. The second kappa shape index (κ2) is 8.39. The van der Waals surface area contributed by atoms with Gasteiger partial charge in [-0.25, -0.2) is 13.1 Å². The number of benzene rings is 1. The summed E-state index contributed by atoms with van der Waals surface area (Å²) >= 11 is 6.05. The third-order valence-corrected chi connectivity index (χ3v) is 6.02. The van der Waals surface area contributed by atoms with Gasteiger partial charge in [0, 0.05) is 31.1 Å². The van der Waals surface area contributed by atoms with Gasteiger partial charge in [0.1, 0.15) is 0 Å². The zero-order valence-corrected chi connectivity index (χ0v) is 16.4. The lowest BCUT2D eigenvalue weighted by atomic mass is 10.1. The summed E-state index contributed by atoms with van der Waals surface area (Å²) in [5, 5.41) is 7.35. The molecule has 0 spiro atoms. The van der Waals surface area contributed by atoms with Gasteiger partial charge in [-0.2, -0.15) is 5.10 Å². The van der Waals surface area contributed by atoms with Crippen LogP contribution in [-0.4, -0.2) is 50.4 Å². The summed E-state index contributed by atoms with van der Waals surface area (Å²) in [6, 6.07) is 6.49. The molecule has 1 atom stereocenters. The molecule has 0 fully saturated rings. The second-order valence-electron chi connectivity index (χ2n) is 6.31. The number of carbonyl (C=O) groups is 1. The van der Waals surface area contributed by atoms with Gasteiger partial charge < -0.3 is 10.1 Å². The van der Waals surface area contributed by atoms with Gasteiger partial charge in [-0.3, -0.25) is 9.48 Å². The number of halogens is 1. The van der Waals surface area contributed by atoms with Crippen molar-refractivity contribution in [1.82, 2.24) is 19.8 Å². The van der Waals surface area contributed by atoms with Gasteiger partial charge in [0.25, 0.3) is 5.91 Å². The van der Waals surface area contributed by atoms with E-state index < -0.39 is 10.0 Å². The van der Waals surface area contributed by atoms with E-state index in [1.807, 2.05) is 0 Å². The number of aromatic nitrogens is 2. The van der Waals surface area contributed by atoms with E-state index in [1.165, 1.54) is 6.20 Å². The lowest BCUT2D eigenvalue weighted by Gasteiger charge is -2.13. The summed E-state index contributed by atoms with van der Waals surface area (Å²) in [6.45, 7) is 1.19. The summed E-state index contributed by atoms with van der Waals surface area (Å²) in [7, 11) is -2.02. The first-order valence-electron chi connectivity index (χ1n) is 8.45. The first kappa shape index (κ1) is 19.8. The number of carbonyl (C=O) groups excluding carboxylic acids is 1. The molecule has 1 aromatic heterocycles. The number of ether oxygens (including phenoxy) is 1. The Morgan fingerprint density at radius 3 is 2.93 bits per heavy atom. The number of amides is 1. The van der Waals surface area contributed by atoms with Crippen LogP contribution < -0.4 is 10.0 Å². The van der Waals surface area contributed by atoms with E-state index in [1.54, 1.807) is 36.1 Å². The first-order valence-corrected chi connectivity index (χ1v) is 10.5. The topological polar surface area (TPSA) is 102 Å². The van der Waals surface area contributed by atoms with Crippen molar-refractivity contribution in [2.75, 3.05) is 20.3 Å². The van der Waals surface area contributed by atoms with Crippen molar-refractivity contribution in [2.24, 2.45) is 0 Å². The quantitative estimate of drug-likeness (QED) is 0.628. The number of hydrogen-bond acceptors (Lipinski definition) is 5. The van der Waals surface area contributed by atoms with Gasteiger partial charge in [-0.1, -0.05) is 29.8 Å². The highest BCUT2D eigenvalue weighted by Gasteiger charge is 2.30. The van der Waals surface area contributed by atoms with Crippen LogP contribution in [0.15, 0.2) is 30.5 Å². The first-order chi connectivity index (χ1) is 12.9. The van der Waals surface area contributed by atoms with Crippen LogP contribution in [0.2, 0.25) is 5.02 Å². The molecule has 3 rings (SSSR count). The number of rotatable bonds is 8. The molecule has 146 valence electrons. The van der Waals surface area contributed by atoms with Crippen LogP contribution >= 0.6 is 11.6 Å². The molecule has 0 saturated carbocycles. The van der Waals surface area contributed by atoms with Gasteiger partial charge in [-0.05, 0) is 11.6 Å². The molecule has 0 bridgehead atoms. The van der Waals surface area contributed by atoms with Crippen LogP contribution in [0, 0.1) is 0 Å². The molecular weight excluding hydrogens is 392 g/mol. The van der Waals surface area contributed by atoms with E-state index in [0.717, 1.165) is 5.69 Å². The van der Waals surface area contributed by atoms with Crippen LogP contribution in [0.25, 0.3) is 0 Å². The zero-order valence-electron chi connectivity index (χ0n) is 14.8. The van der Waals surface area contributed by atoms with E-state index in [0.29, 0.717) is 42.3 Å². The highest BCUT2D eigenvalue weighted by molar-refractivity contribution is 7.88. The largest absolute Gasteiger partial charge is 0.383 e. The average molecular weight is 413 g/mol. The predicted molar refractivity (Wildman–Crippen MR) is 101 cm³/mol. The molecular formula is C17H21ClN4O4S. The Bertz CT molecular complexity index is 929. The molecule has 1 amide bonds. The molecule has 0 radical (unpaired) electrons. The van der Waals surface area contributed by atoms with Crippen LogP contribution in [0.3, 0.4) is 0 Å². The Kier molecular flexibility index (Phi) is 6.15. The maximum absolute atomic E-state index is 12.5. The van der Waals surface area contributed by atoms with Gasteiger partial charge >= 0.3 is 0 Å². The van der Waals surface area contributed by atoms with Gasteiger partial charge in [0.2, 0.25) is 10.0 Å². The SMILES string of the molecule is COCCNC(=O)c1cnn2c1C[C@H](NS(=O)(=O)Cc1ccccc1Cl)C2. The Hall–Kier alpha value is -1.94. The standard InChI is InChI=1S/C17H21ClN4O4S/c1-26-7-6-19-17(23)14-9-20-22-10-13(8-16(14)22)21-27(24,25)11-12-4-2-3-5-15(12)18/h2-5,9,13,21H,6-8,10-11H2,1H3,(H,19,23)/t13-/m0/s1. The normalized spacial score (nSPS) is 16.3. The Labute approximate surface area is 162 Å². The van der Waals surface area contributed by atoms with Crippen LogP contribution in [0.1, 0.15) is 21.6 Å². The Balaban J connectivity index is 1.63. The fourth-order valence-corrected chi connectivity index (χ4v) is 4.73. The minimum atomic E-state index is -3.58. The number of nitrogens with one attached hydrogen (secondary N) is 2. The van der Waals surface area contributed by atoms with Gasteiger partial charge in [-0.15, -0.1) is 0 Å². The molecule has 2 aromatic rings. The Morgan fingerprint density at radius 2 is 2.19 bits per heavy atom. The number of methoxy groups -OCH3 is 1. The highest BCUT2D eigenvalue weighted by Crippen LogP contribution is 2.21. The summed E-state index contributed by atoms with van der Waals surface area (Å²) in [5.74, 6) is -0.441. The van der Waals surface area contributed by atoms with E-state index in [-0.39, 0.29) is 17.7 Å². The number of fused-ring (bicyclic) bond motifs is 1. The third kappa shape index (κ3) is 4.86. The molecule has 0 aliphatic carbocycles. The fourth-order valence-electron chi connectivity index (χ4n) is 3.04. The monoisotopic (exact) mass is 412 g/mol. The van der Waals surface area contributed by atoms with Crippen LogP contribution in [-0.2, 0) is 33.5 Å². The second-order valence-corrected chi connectivity index (χ2v) is 8.47. The number of sulfonamides is 1. The summed E-state index contributed by atoms with van der Waals surface area (Å²) in [6.07, 6.45) is 1.90. The molecule has 27 heavy (non-hydrogen) atoms. The van der Waals surface area contributed by atoms with Crippen LogP contribution in [0.5, 0.6) is 0 Å². The van der Waals surface area contributed by atoms with Gasteiger partial charge in [0.15, 0.2) is 0 Å². The summed E-state index contributed by atoms with van der Waals surface area (Å²) in [4.78, 5) is 12.2. The van der Waals surface area contributed by atoms with E-state index in [2.05, 4.69) is 15.1 Å². The van der Waals surface area contributed by atoms with E-state index >= 15 is 0 Å². The van der Waals surface area contributed by atoms with Crippen LogP contribution in [0.4, 0.5) is 0 Å². The maximum atomic E-state index is 12.5. The Morgan fingerprint density at radius 1 is 1.41 bits per heavy atom. The average Bonchev–Trinajstić information content (AvgIpc) is 3.16. The maximum Gasteiger partial charge on any atom is 0.254 e. The van der Waals surface area contributed by atoms with E-state index in [4.69, 9.17) is 16.3 Å². The fraction of sp³-hybridized carbons (Fsp3) is 0.412. The predicted octanol–water partition coefficient (Wildman–Crippen LogP) is 0.957. The van der Waals surface area contributed by atoms with Crippen molar-refractivity contribution < 1.29 is 17.9 Å². The number of hydrogen-bond donors (Lipinski definition) is 2. The number of nitrogens with zero attached hydrogens (tertiary/aromatic N) is 2. The van der Waals surface area contributed by atoms with Crippen molar-refractivity contribution in [1.29, 1.82) is 0 Å².